The summed E-state index contributed by atoms with van der Waals surface area (Å²) in [5.74, 6) is 0.0384. The lowest BCUT2D eigenvalue weighted by molar-refractivity contribution is -0.142. The third-order valence-corrected chi connectivity index (χ3v) is 4.26. The minimum atomic E-state index is -1.65. The molecule has 1 aromatic heterocycles. The molecule has 0 spiro atoms. The Balaban J connectivity index is 2.15. The molecule has 10 heteroatoms. The second kappa shape index (κ2) is 10.2. The normalized spacial score (nSPS) is 11.1. The molecule has 0 unspecified atom stereocenters. The van der Waals surface area contributed by atoms with Crippen molar-refractivity contribution < 1.29 is 24.3 Å². The minimum absolute atomic E-state index is 0.109. The van der Waals surface area contributed by atoms with Crippen LogP contribution in [0.5, 0.6) is 5.75 Å². The van der Waals surface area contributed by atoms with Crippen LogP contribution in [0.3, 0.4) is 0 Å². The Morgan fingerprint density at radius 1 is 1.43 bits per heavy atom. The number of carbonyl (C=O) groups excluding carboxylic acids is 1. The first-order chi connectivity index (χ1) is 13.3. The molecule has 0 aliphatic rings. The first kappa shape index (κ1) is 21.9. The van der Waals surface area contributed by atoms with Crippen molar-refractivity contribution in [3.05, 3.63) is 34.3 Å². The Bertz CT molecular complexity index is 839. The highest BCUT2D eigenvalue weighted by atomic mass is 32.1. The van der Waals surface area contributed by atoms with E-state index in [9.17, 15) is 14.8 Å². The van der Waals surface area contributed by atoms with Gasteiger partial charge in [0, 0.05) is 16.4 Å². The van der Waals surface area contributed by atoms with Gasteiger partial charge in [0.15, 0.2) is 0 Å². The molecule has 0 radical (unpaired) electrons. The number of hydrogen-bond donors (Lipinski definition) is 3. The minimum Gasteiger partial charge on any atom is -0.491 e. The van der Waals surface area contributed by atoms with E-state index in [-0.39, 0.29) is 24.0 Å². The summed E-state index contributed by atoms with van der Waals surface area (Å²) in [4.78, 5) is 15.8. The Kier molecular flexibility index (Phi) is 7.97. The second-order valence-corrected chi connectivity index (χ2v) is 7.17. The molecule has 150 valence electrons. The van der Waals surface area contributed by atoms with Crippen molar-refractivity contribution in [2.45, 2.75) is 40.2 Å². The molecular formula is C18H24BN3O5S. The predicted octanol–water partition coefficient (Wildman–Crippen LogP) is 1.47. The summed E-state index contributed by atoms with van der Waals surface area (Å²) in [7, 11) is -1.65. The van der Waals surface area contributed by atoms with Crippen molar-refractivity contribution in [2.24, 2.45) is 5.10 Å². The number of esters is 1. The Labute approximate surface area is 168 Å². The topological polar surface area (TPSA) is 113 Å². The highest BCUT2D eigenvalue weighted by Crippen LogP contribution is 2.20. The SMILES string of the molecule is CCOC(=O)Cc1csc(NN=Cc2cc(C)cc(B(O)O)c2OC(C)C)n1. The molecule has 8 nitrogen and oxygen atoms in total. The van der Waals surface area contributed by atoms with E-state index < -0.39 is 7.12 Å². The molecule has 0 bridgehead atoms. The van der Waals surface area contributed by atoms with Crippen LogP contribution < -0.4 is 15.6 Å². The number of aryl methyl sites for hydroxylation is 1. The lowest BCUT2D eigenvalue weighted by Crippen LogP contribution is -2.33. The van der Waals surface area contributed by atoms with E-state index in [0.29, 0.717) is 28.7 Å². The third kappa shape index (κ3) is 6.33. The van der Waals surface area contributed by atoms with Gasteiger partial charge in [-0.15, -0.1) is 11.3 Å². The van der Waals surface area contributed by atoms with Gasteiger partial charge in [0.25, 0.3) is 0 Å². The summed E-state index contributed by atoms with van der Waals surface area (Å²) in [6, 6.07) is 3.50. The molecule has 1 heterocycles. The molecule has 28 heavy (non-hydrogen) atoms. The molecule has 0 fully saturated rings. The average Bonchev–Trinajstić information content (AvgIpc) is 3.03. The zero-order chi connectivity index (χ0) is 20.7. The fourth-order valence-electron chi connectivity index (χ4n) is 2.45. The molecular weight excluding hydrogens is 381 g/mol. The fourth-order valence-corrected chi connectivity index (χ4v) is 3.10. The van der Waals surface area contributed by atoms with Crippen molar-refractivity contribution in [1.29, 1.82) is 0 Å². The van der Waals surface area contributed by atoms with Gasteiger partial charge in [-0.1, -0.05) is 11.6 Å². The molecule has 0 amide bonds. The van der Waals surface area contributed by atoms with Crippen LogP contribution in [-0.4, -0.2) is 47.0 Å². The largest absolute Gasteiger partial charge is 0.492 e. The number of thiazole rings is 1. The summed E-state index contributed by atoms with van der Waals surface area (Å²) in [5, 5.41) is 25.8. The molecule has 2 aromatic rings. The third-order valence-electron chi connectivity index (χ3n) is 3.47. The number of hydrogen-bond acceptors (Lipinski definition) is 9. The van der Waals surface area contributed by atoms with Crippen LogP contribution in [0.4, 0.5) is 5.13 Å². The van der Waals surface area contributed by atoms with Crippen molar-refractivity contribution in [1.82, 2.24) is 4.98 Å². The molecule has 0 saturated heterocycles. The number of benzene rings is 1. The van der Waals surface area contributed by atoms with Crippen LogP contribution in [0, 0.1) is 6.92 Å². The maximum Gasteiger partial charge on any atom is 0.492 e. The van der Waals surface area contributed by atoms with E-state index in [1.54, 1.807) is 18.4 Å². The second-order valence-electron chi connectivity index (χ2n) is 6.31. The van der Waals surface area contributed by atoms with Crippen molar-refractivity contribution in [2.75, 3.05) is 12.0 Å². The van der Waals surface area contributed by atoms with Crippen molar-refractivity contribution in [3.8, 4) is 5.75 Å². The van der Waals surface area contributed by atoms with Gasteiger partial charge < -0.3 is 19.5 Å². The quantitative estimate of drug-likeness (QED) is 0.251. The van der Waals surface area contributed by atoms with Crippen LogP contribution in [0.2, 0.25) is 0 Å². The van der Waals surface area contributed by atoms with Gasteiger partial charge in [-0.3, -0.25) is 10.2 Å². The zero-order valence-corrected chi connectivity index (χ0v) is 17.1. The van der Waals surface area contributed by atoms with E-state index in [2.05, 4.69) is 15.5 Å². The number of hydrazone groups is 1. The van der Waals surface area contributed by atoms with E-state index >= 15 is 0 Å². The van der Waals surface area contributed by atoms with Crippen LogP contribution in [0.1, 0.15) is 37.6 Å². The summed E-state index contributed by atoms with van der Waals surface area (Å²) >= 11 is 1.32. The maximum atomic E-state index is 11.5. The highest BCUT2D eigenvalue weighted by molar-refractivity contribution is 7.13. The lowest BCUT2D eigenvalue weighted by atomic mass is 9.77. The Morgan fingerprint density at radius 3 is 2.82 bits per heavy atom. The molecule has 0 aliphatic heterocycles. The van der Waals surface area contributed by atoms with Crippen LogP contribution >= 0.6 is 11.3 Å². The monoisotopic (exact) mass is 405 g/mol. The van der Waals surface area contributed by atoms with Gasteiger partial charge in [-0.2, -0.15) is 5.10 Å². The van der Waals surface area contributed by atoms with Crippen LogP contribution in [0.25, 0.3) is 0 Å². The Hall–Kier alpha value is -2.43. The average molecular weight is 405 g/mol. The number of ether oxygens (including phenoxy) is 2. The Morgan fingerprint density at radius 2 is 2.18 bits per heavy atom. The standard InChI is InChI=1S/C18H24BN3O5S/c1-5-26-16(23)8-14-10-28-18(21-14)22-20-9-13-6-12(4)7-15(19(24)25)17(13)27-11(2)3/h6-7,9-11,24-25H,5,8H2,1-4H3,(H,21,22). The summed E-state index contributed by atoms with van der Waals surface area (Å²) < 4.78 is 10.7. The van der Waals surface area contributed by atoms with Gasteiger partial charge in [-0.25, -0.2) is 4.98 Å². The molecule has 0 saturated carbocycles. The van der Waals surface area contributed by atoms with Crippen molar-refractivity contribution >= 4 is 41.2 Å². The smallest absolute Gasteiger partial charge is 0.491 e. The van der Waals surface area contributed by atoms with E-state index in [1.807, 2.05) is 26.8 Å². The molecule has 3 N–H and O–H groups in total. The number of anilines is 1. The van der Waals surface area contributed by atoms with E-state index in [0.717, 1.165) is 5.56 Å². The van der Waals surface area contributed by atoms with Crippen LogP contribution in [0.15, 0.2) is 22.6 Å². The van der Waals surface area contributed by atoms with Gasteiger partial charge in [0.05, 0.1) is 31.0 Å². The fraction of sp³-hybridized carbons (Fsp3) is 0.389. The van der Waals surface area contributed by atoms with Crippen LogP contribution in [-0.2, 0) is 16.0 Å². The first-order valence-corrected chi connectivity index (χ1v) is 9.74. The lowest BCUT2D eigenvalue weighted by Gasteiger charge is -2.17. The first-order valence-electron chi connectivity index (χ1n) is 8.86. The maximum absolute atomic E-state index is 11.5. The van der Waals surface area contributed by atoms with Gasteiger partial charge in [-0.05, 0) is 33.8 Å². The van der Waals surface area contributed by atoms with E-state index in [1.165, 1.54) is 17.6 Å². The highest BCUT2D eigenvalue weighted by Gasteiger charge is 2.21. The number of nitrogens with zero attached hydrogens (tertiary/aromatic N) is 2. The van der Waals surface area contributed by atoms with Gasteiger partial charge in [0.1, 0.15) is 5.75 Å². The molecule has 0 atom stereocenters. The molecule has 2 rings (SSSR count). The predicted molar refractivity (Wildman–Crippen MR) is 110 cm³/mol. The zero-order valence-electron chi connectivity index (χ0n) is 16.3. The number of rotatable bonds is 9. The summed E-state index contributed by atoms with van der Waals surface area (Å²) in [6.45, 7) is 7.64. The van der Waals surface area contributed by atoms with Gasteiger partial charge in [0.2, 0.25) is 5.13 Å². The summed E-state index contributed by atoms with van der Waals surface area (Å²) in [6.07, 6.45) is 1.49. The summed E-state index contributed by atoms with van der Waals surface area (Å²) in [5.41, 5.74) is 5.14. The molecule has 1 aromatic carbocycles. The van der Waals surface area contributed by atoms with E-state index in [4.69, 9.17) is 9.47 Å². The number of aromatic nitrogens is 1. The van der Waals surface area contributed by atoms with Crippen molar-refractivity contribution in [3.63, 3.8) is 0 Å². The van der Waals surface area contributed by atoms with Gasteiger partial charge >= 0.3 is 13.1 Å². The number of carbonyl (C=O) groups is 1. The number of nitrogens with one attached hydrogen (secondary N) is 1. The molecule has 0 aliphatic carbocycles.